The van der Waals surface area contributed by atoms with Crippen LogP contribution in [0.4, 0.5) is 5.69 Å². The molecule has 3 nitrogen and oxygen atoms in total. The fraction of sp³-hybridized carbons (Fsp3) is 0.455. The molecule has 1 rings (SSSR count). The molecule has 3 heteroatoms. The number of rotatable bonds is 5. The van der Waals surface area contributed by atoms with Crippen LogP contribution < -0.4 is 0 Å². The van der Waals surface area contributed by atoms with E-state index in [2.05, 4.69) is 6.92 Å². The Morgan fingerprint density at radius 3 is 2.79 bits per heavy atom. The van der Waals surface area contributed by atoms with Crippen LogP contribution in [0.3, 0.4) is 0 Å². The summed E-state index contributed by atoms with van der Waals surface area (Å²) in [5.41, 5.74) is 1.26. The summed E-state index contributed by atoms with van der Waals surface area (Å²) in [4.78, 5) is 10.1. The molecule has 0 unspecified atom stereocenters. The predicted octanol–water partition coefficient (Wildman–Crippen LogP) is 3.33. The van der Waals surface area contributed by atoms with E-state index in [4.69, 9.17) is 0 Å². The van der Waals surface area contributed by atoms with E-state index in [-0.39, 0.29) is 10.6 Å². The van der Waals surface area contributed by atoms with Gasteiger partial charge in [0.2, 0.25) is 0 Å². The van der Waals surface area contributed by atoms with E-state index in [1.807, 2.05) is 6.07 Å². The molecular weight excluding hydrogens is 178 g/mol. The minimum atomic E-state index is -0.344. The smallest absolute Gasteiger partial charge is 0.258 e. The highest BCUT2D eigenvalue weighted by molar-refractivity contribution is 5.34. The fourth-order valence-corrected chi connectivity index (χ4v) is 1.40. The Hall–Kier alpha value is -1.38. The van der Waals surface area contributed by atoms with E-state index < -0.39 is 0 Å². The van der Waals surface area contributed by atoms with Crippen LogP contribution in [-0.4, -0.2) is 4.92 Å². The minimum absolute atomic E-state index is 0.194. The lowest BCUT2D eigenvalue weighted by Crippen LogP contribution is -1.90. The maximum absolute atomic E-state index is 10.5. The summed E-state index contributed by atoms with van der Waals surface area (Å²) in [5, 5.41) is 10.5. The summed E-state index contributed by atoms with van der Waals surface area (Å²) in [7, 11) is 0. The molecule has 0 saturated heterocycles. The van der Waals surface area contributed by atoms with Gasteiger partial charge in [-0.25, -0.2) is 0 Å². The first-order valence-electron chi connectivity index (χ1n) is 4.97. The van der Waals surface area contributed by atoms with Crippen LogP contribution in [0, 0.1) is 10.1 Å². The van der Waals surface area contributed by atoms with Crippen molar-refractivity contribution in [3.8, 4) is 0 Å². The number of hydrogen-bond donors (Lipinski definition) is 0. The standard InChI is InChI=1S/C11H15NO2/c1-2-3-4-6-10-7-5-8-11(9-10)12(13)14/h5,7-9H,2-4,6H2,1H3. The second-order valence-electron chi connectivity index (χ2n) is 3.38. The van der Waals surface area contributed by atoms with Crippen molar-refractivity contribution < 1.29 is 4.92 Å². The lowest BCUT2D eigenvalue weighted by Gasteiger charge is -1.99. The Kier molecular flexibility index (Phi) is 4.11. The van der Waals surface area contributed by atoms with Crippen LogP contribution in [0.15, 0.2) is 24.3 Å². The van der Waals surface area contributed by atoms with Crippen molar-refractivity contribution in [1.29, 1.82) is 0 Å². The van der Waals surface area contributed by atoms with Gasteiger partial charge in [-0.1, -0.05) is 31.9 Å². The molecular formula is C11H15NO2. The second kappa shape index (κ2) is 5.37. The molecule has 0 aliphatic rings. The Balaban J connectivity index is 2.59. The summed E-state index contributed by atoms with van der Waals surface area (Å²) in [6.45, 7) is 2.15. The topological polar surface area (TPSA) is 43.1 Å². The number of benzene rings is 1. The number of nitrogens with zero attached hydrogens (tertiary/aromatic N) is 1. The summed E-state index contributed by atoms with van der Waals surface area (Å²) < 4.78 is 0. The zero-order valence-corrected chi connectivity index (χ0v) is 8.40. The van der Waals surface area contributed by atoms with Gasteiger partial charge >= 0.3 is 0 Å². The zero-order chi connectivity index (χ0) is 10.4. The average Bonchev–Trinajstić information content (AvgIpc) is 2.19. The van der Waals surface area contributed by atoms with Gasteiger partial charge in [0.15, 0.2) is 0 Å². The van der Waals surface area contributed by atoms with Crippen LogP contribution >= 0.6 is 0 Å². The Bertz CT molecular complexity index is 310. The van der Waals surface area contributed by atoms with E-state index in [0.717, 1.165) is 18.4 Å². The van der Waals surface area contributed by atoms with E-state index in [1.54, 1.807) is 12.1 Å². The fourth-order valence-electron chi connectivity index (χ4n) is 1.40. The van der Waals surface area contributed by atoms with Crippen LogP contribution in [-0.2, 0) is 6.42 Å². The van der Waals surface area contributed by atoms with Crippen molar-refractivity contribution in [2.75, 3.05) is 0 Å². The number of nitro benzene ring substituents is 1. The molecule has 0 aliphatic heterocycles. The summed E-state index contributed by atoms with van der Waals surface area (Å²) in [6.07, 6.45) is 4.41. The Morgan fingerprint density at radius 2 is 2.14 bits per heavy atom. The van der Waals surface area contributed by atoms with Gasteiger partial charge in [-0.05, 0) is 18.4 Å². The van der Waals surface area contributed by atoms with Gasteiger partial charge in [0, 0.05) is 12.1 Å². The first kappa shape index (κ1) is 10.7. The third-order valence-corrected chi connectivity index (χ3v) is 2.19. The summed E-state index contributed by atoms with van der Waals surface area (Å²) in [6, 6.07) is 6.89. The SMILES string of the molecule is CCCCCc1cccc([N+](=O)[O-])c1. The van der Waals surface area contributed by atoms with E-state index in [1.165, 1.54) is 18.9 Å². The maximum Gasteiger partial charge on any atom is 0.269 e. The highest BCUT2D eigenvalue weighted by Crippen LogP contribution is 2.15. The monoisotopic (exact) mass is 193 g/mol. The highest BCUT2D eigenvalue weighted by Gasteiger charge is 2.04. The van der Waals surface area contributed by atoms with Gasteiger partial charge in [-0.2, -0.15) is 0 Å². The number of hydrogen-bond acceptors (Lipinski definition) is 2. The molecule has 0 heterocycles. The summed E-state index contributed by atoms with van der Waals surface area (Å²) in [5.74, 6) is 0. The number of non-ortho nitro benzene ring substituents is 1. The number of nitro groups is 1. The lowest BCUT2D eigenvalue weighted by atomic mass is 10.1. The normalized spacial score (nSPS) is 10.1. The van der Waals surface area contributed by atoms with E-state index in [9.17, 15) is 10.1 Å². The molecule has 76 valence electrons. The third kappa shape index (κ3) is 3.17. The van der Waals surface area contributed by atoms with E-state index >= 15 is 0 Å². The first-order chi connectivity index (χ1) is 6.74. The molecule has 0 amide bonds. The van der Waals surface area contributed by atoms with Crippen molar-refractivity contribution in [2.45, 2.75) is 32.6 Å². The number of unbranched alkanes of at least 4 members (excludes halogenated alkanes) is 2. The predicted molar refractivity (Wildman–Crippen MR) is 56.3 cm³/mol. The Morgan fingerprint density at radius 1 is 1.36 bits per heavy atom. The van der Waals surface area contributed by atoms with Crippen molar-refractivity contribution >= 4 is 5.69 Å². The van der Waals surface area contributed by atoms with Crippen LogP contribution in [0.5, 0.6) is 0 Å². The minimum Gasteiger partial charge on any atom is -0.258 e. The lowest BCUT2D eigenvalue weighted by molar-refractivity contribution is -0.384. The van der Waals surface area contributed by atoms with Gasteiger partial charge in [0.25, 0.3) is 5.69 Å². The maximum atomic E-state index is 10.5. The molecule has 0 bridgehead atoms. The first-order valence-corrected chi connectivity index (χ1v) is 4.97. The van der Waals surface area contributed by atoms with Crippen molar-refractivity contribution in [1.82, 2.24) is 0 Å². The third-order valence-electron chi connectivity index (χ3n) is 2.19. The van der Waals surface area contributed by atoms with Crippen molar-refractivity contribution in [3.63, 3.8) is 0 Å². The molecule has 0 fully saturated rings. The van der Waals surface area contributed by atoms with Gasteiger partial charge in [-0.3, -0.25) is 10.1 Å². The van der Waals surface area contributed by atoms with E-state index in [0.29, 0.717) is 0 Å². The van der Waals surface area contributed by atoms with Gasteiger partial charge in [0.05, 0.1) is 4.92 Å². The average molecular weight is 193 g/mol. The number of aryl methyl sites for hydroxylation is 1. The largest absolute Gasteiger partial charge is 0.269 e. The molecule has 1 aromatic rings. The molecule has 0 atom stereocenters. The molecule has 0 radical (unpaired) electrons. The molecule has 0 N–H and O–H groups in total. The molecule has 14 heavy (non-hydrogen) atoms. The van der Waals surface area contributed by atoms with Crippen LogP contribution in [0.25, 0.3) is 0 Å². The molecule has 0 spiro atoms. The zero-order valence-electron chi connectivity index (χ0n) is 8.40. The highest BCUT2D eigenvalue weighted by atomic mass is 16.6. The Labute approximate surface area is 83.9 Å². The van der Waals surface area contributed by atoms with Crippen LogP contribution in [0.1, 0.15) is 31.7 Å². The molecule has 0 aliphatic carbocycles. The van der Waals surface area contributed by atoms with Gasteiger partial charge in [0.1, 0.15) is 0 Å². The van der Waals surface area contributed by atoms with Crippen LogP contribution in [0.2, 0.25) is 0 Å². The van der Waals surface area contributed by atoms with Crippen molar-refractivity contribution in [2.24, 2.45) is 0 Å². The second-order valence-corrected chi connectivity index (χ2v) is 3.38. The molecule has 0 aromatic heterocycles. The van der Waals surface area contributed by atoms with Gasteiger partial charge < -0.3 is 0 Å². The summed E-state index contributed by atoms with van der Waals surface area (Å²) >= 11 is 0. The van der Waals surface area contributed by atoms with Gasteiger partial charge in [-0.15, -0.1) is 0 Å². The quantitative estimate of drug-likeness (QED) is 0.409. The molecule has 0 saturated carbocycles. The van der Waals surface area contributed by atoms with Crippen molar-refractivity contribution in [3.05, 3.63) is 39.9 Å². The molecule has 1 aromatic carbocycles.